The molecule has 0 aliphatic rings. The second kappa shape index (κ2) is 9.64. The van der Waals surface area contributed by atoms with Crippen molar-refractivity contribution in [1.82, 2.24) is 15.1 Å². The van der Waals surface area contributed by atoms with Crippen LogP contribution in [0.15, 0.2) is 83.6 Å². The molecule has 4 aromatic rings. The normalized spacial score (nSPS) is 12.3. The fraction of sp³-hybridized carbons (Fsp3) is 0.240. The number of rotatable bonds is 9. The summed E-state index contributed by atoms with van der Waals surface area (Å²) < 4.78 is 12.9. The fourth-order valence-electron chi connectivity index (χ4n) is 3.38. The first-order chi connectivity index (χ1) is 15.1. The summed E-state index contributed by atoms with van der Waals surface area (Å²) in [7, 11) is 0. The number of nitrogens with zero attached hydrogens (tertiary/aromatic N) is 2. The summed E-state index contributed by atoms with van der Waals surface area (Å²) in [6, 6.07) is 21.5. The lowest BCUT2D eigenvalue weighted by atomic mass is 10.1. The SMILES string of the molecule is CC(C)Oc1ccc(-c2nn(-c3ccccc3)cc2CNCC(O)c2ccco2)cc1. The Bertz CT molecular complexity index is 1070. The highest BCUT2D eigenvalue weighted by Gasteiger charge is 2.15. The minimum Gasteiger partial charge on any atom is -0.491 e. The van der Waals surface area contributed by atoms with Crippen LogP contribution in [-0.2, 0) is 6.54 Å². The van der Waals surface area contributed by atoms with Crippen molar-refractivity contribution >= 4 is 0 Å². The summed E-state index contributed by atoms with van der Waals surface area (Å²) in [4.78, 5) is 0. The Labute approximate surface area is 182 Å². The third kappa shape index (κ3) is 5.23. The van der Waals surface area contributed by atoms with Crippen LogP contribution < -0.4 is 10.1 Å². The largest absolute Gasteiger partial charge is 0.491 e. The van der Waals surface area contributed by atoms with Crippen molar-refractivity contribution in [1.29, 1.82) is 0 Å². The van der Waals surface area contributed by atoms with E-state index < -0.39 is 6.10 Å². The number of ether oxygens (including phenoxy) is 1. The minimum atomic E-state index is -0.699. The van der Waals surface area contributed by atoms with Crippen LogP contribution in [0.4, 0.5) is 0 Å². The van der Waals surface area contributed by atoms with Crippen LogP contribution in [-0.4, -0.2) is 27.5 Å². The van der Waals surface area contributed by atoms with Crippen LogP contribution in [0.3, 0.4) is 0 Å². The van der Waals surface area contributed by atoms with E-state index in [0.29, 0.717) is 18.8 Å². The van der Waals surface area contributed by atoms with E-state index in [0.717, 1.165) is 28.3 Å². The molecule has 160 valence electrons. The van der Waals surface area contributed by atoms with Crippen molar-refractivity contribution in [3.63, 3.8) is 0 Å². The molecule has 0 saturated heterocycles. The zero-order valence-electron chi connectivity index (χ0n) is 17.7. The minimum absolute atomic E-state index is 0.128. The number of hydrogen-bond donors (Lipinski definition) is 2. The van der Waals surface area contributed by atoms with Crippen molar-refractivity contribution in [2.45, 2.75) is 32.6 Å². The molecule has 2 heterocycles. The number of aliphatic hydroxyl groups is 1. The Hall–Kier alpha value is -3.35. The highest BCUT2D eigenvalue weighted by Crippen LogP contribution is 2.26. The molecular weight excluding hydrogens is 390 g/mol. The summed E-state index contributed by atoms with van der Waals surface area (Å²) in [6.45, 7) is 4.96. The molecule has 2 N–H and O–H groups in total. The third-order valence-corrected chi connectivity index (χ3v) is 4.84. The molecule has 0 fully saturated rings. The summed E-state index contributed by atoms with van der Waals surface area (Å²) in [5.41, 5.74) is 3.92. The van der Waals surface area contributed by atoms with E-state index in [-0.39, 0.29) is 6.10 Å². The first-order valence-electron chi connectivity index (χ1n) is 10.4. The Balaban J connectivity index is 1.56. The lowest BCUT2D eigenvalue weighted by Gasteiger charge is -2.11. The summed E-state index contributed by atoms with van der Waals surface area (Å²) in [5, 5.41) is 18.4. The number of benzene rings is 2. The van der Waals surface area contributed by atoms with Gasteiger partial charge in [-0.3, -0.25) is 0 Å². The maximum Gasteiger partial charge on any atom is 0.133 e. The van der Waals surface area contributed by atoms with Gasteiger partial charge < -0.3 is 19.6 Å². The van der Waals surface area contributed by atoms with Crippen LogP contribution in [0.2, 0.25) is 0 Å². The van der Waals surface area contributed by atoms with E-state index >= 15 is 0 Å². The predicted octanol–water partition coefficient (Wildman–Crippen LogP) is 4.74. The van der Waals surface area contributed by atoms with Gasteiger partial charge in [-0.25, -0.2) is 4.68 Å². The molecule has 0 bridgehead atoms. The van der Waals surface area contributed by atoms with Crippen LogP contribution in [0.5, 0.6) is 5.75 Å². The Morgan fingerprint density at radius 1 is 1.03 bits per heavy atom. The van der Waals surface area contributed by atoms with Gasteiger partial charge in [0.2, 0.25) is 0 Å². The number of hydrogen-bond acceptors (Lipinski definition) is 5. The fourth-order valence-corrected chi connectivity index (χ4v) is 3.38. The molecule has 1 unspecified atom stereocenters. The van der Waals surface area contributed by atoms with E-state index in [1.54, 1.807) is 18.4 Å². The van der Waals surface area contributed by atoms with E-state index in [9.17, 15) is 5.11 Å². The van der Waals surface area contributed by atoms with Gasteiger partial charge in [-0.1, -0.05) is 18.2 Å². The summed E-state index contributed by atoms with van der Waals surface area (Å²) >= 11 is 0. The molecule has 31 heavy (non-hydrogen) atoms. The molecule has 0 saturated carbocycles. The molecule has 2 aromatic heterocycles. The molecule has 2 aromatic carbocycles. The van der Waals surface area contributed by atoms with E-state index in [1.807, 2.05) is 79.3 Å². The van der Waals surface area contributed by atoms with Gasteiger partial charge in [-0.05, 0) is 62.4 Å². The molecule has 0 aliphatic carbocycles. The number of nitrogens with one attached hydrogen (secondary N) is 1. The highest BCUT2D eigenvalue weighted by molar-refractivity contribution is 5.64. The maximum atomic E-state index is 10.3. The van der Waals surface area contributed by atoms with Gasteiger partial charge in [0.25, 0.3) is 0 Å². The van der Waals surface area contributed by atoms with Gasteiger partial charge in [0, 0.05) is 30.4 Å². The van der Waals surface area contributed by atoms with Gasteiger partial charge in [0.1, 0.15) is 17.6 Å². The summed E-state index contributed by atoms with van der Waals surface area (Å²) in [6.07, 6.45) is 3.02. The van der Waals surface area contributed by atoms with E-state index in [4.69, 9.17) is 14.3 Å². The maximum absolute atomic E-state index is 10.3. The molecular formula is C25H27N3O3. The van der Waals surface area contributed by atoms with Crippen LogP contribution in [0.25, 0.3) is 16.9 Å². The van der Waals surface area contributed by atoms with E-state index in [2.05, 4.69) is 5.32 Å². The van der Waals surface area contributed by atoms with Crippen molar-refractivity contribution < 1.29 is 14.3 Å². The topological polar surface area (TPSA) is 72.5 Å². The molecule has 1 atom stereocenters. The predicted molar refractivity (Wildman–Crippen MR) is 120 cm³/mol. The second-order valence-corrected chi connectivity index (χ2v) is 7.64. The second-order valence-electron chi connectivity index (χ2n) is 7.64. The molecule has 0 aliphatic heterocycles. The van der Waals surface area contributed by atoms with Gasteiger partial charge in [-0.15, -0.1) is 0 Å². The highest BCUT2D eigenvalue weighted by atomic mass is 16.5. The zero-order chi connectivity index (χ0) is 21.6. The quantitative estimate of drug-likeness (QED) is 0.411. The van der Waals surface area contributed by atoms with Crippen LogP contribution in [0.1, 0.15) is 31.3 Å². The average Bonchev–Trinajstić information content (AvgIpc) is 3.45. The lowest BCUT2D eigenvalue weighted by molar-refractivity contribution is 0.147. The molecule has 0 amide bonds. The Morgan fingerprint density at radius 3 is 2.48 bits per heavy atom. The van der Waals surface area contributed by atoms with Crippen LogP contribution in [0, 0.1) is 0 Å². The Kier molecular flexibility index (Phi) is 6.50. The molecule has 6 nitrogen and oxygen atoms in total. The molecule has 0 spiro atoms. The van der Waals surface area contributed by atoms with Crippen molar-refractivity contribution in [3.05, 3.63) is 90.5 Å². The number of aromatic nitrogens is 2. The van der Waals surface area contributed by atoms with Gasteiger partial charge in [0.15, 0.2) is 0 Å². The smallest absolute Gasteiger partial charge is 0.133 e. The number of furan rings is 1. The van der Waals surface area contributed by atoms with Gasteiger partial charge >= 0.3 is 0 Å². The standard InChI is InChI=1S/C25H27N3O3/c1-18(2)31-22-12-10-19(11-13-22)25-20(15-26-16-23(29)24-9-6-14-30-24)17-28(27-25)21-7-4-3-5-8-21/h3-14,17-18,23,26,29H,15-16H2,1-2H3. The first-order valence-corrected chi connectivity index (χ1v) is 10.4. The Morgan fingerprint density at radius 2 is 1.81 bits per heavy atom. The van der Waals surface area contributed by atoms with Crippen molar-refractivity contribution in [2.24, 2.45) is 0 Å². The molecule has 0 radical (unpaired) electrons. The number of para-hydroxylation sites is 1. The lowest BCUT2D eigenvalue weighted by Crippen LogP contribution is -2.20. The van der Waals surface area contributed by atoms with Gasteiger partial charge in [-0.2, -0.15) is 5.10 Å². The van der Waals surface area contributed by atoms with Gasteiger partial charge in [0.05, 0.1) is 23.7 Å². The summed E-state index contributed by atoms with van der Waals surface area (Å²) in [5.74, 6) is 1.39. The first kappa shape index (κ1) is 20.9. The molecule has 6 heteroatoms. The number of aliphatic hydroxyl groups excluding tert-OH is 1. The average molecular weight is 418 g/mol. The van der Waals surface area contributed by atoms with Crippen molar-refractivity contribution in [3.8, 4) is 22.7 Å². The monoisotopic (exact) mass is 417 g/mol. The van der Waals surface area contributed by atoms with Crippen molar-refractivity contribution in [2.75, 3.05) is 6.54 Å². The van der Waals surface area contributed by atoms with Crippen LogP contribution >= 0.6 is 0 Å². The zero-order valence-corrected chi connectivity index (χ0v) is 17.7. The third-order valence-electron chi connectivity index (χ3n) is 4.84. The van der Waals surface area contributed by atoms with E-state index in [1.165, 1.54) is 0 Å². The molecule has 4 rings (SSSR count).